The lowest BCUT2D eigenvalue weighted by atomic mass is 9.99. The van der Waals surface area contributed by atoms with E-state index in [1.165, 1.54) is 0 Å². The molecule has 94 valence electrons. The molecule has 2 rings (SSSR count). The van der Waals surface area contributed by atoms with Gasteiger partial charge in [0.25, 0.3) is 0 Å². The molecule has 0 aromatic heterocycles. The molecule has 1 aromatic rings. The molecule has 6 nitrogen and oxygen atoms in total. The highest BCUT2D eigenvalue weighted by atomic mass is 16.3. The van der Waals surface area contributed by atoms with Crippen molar-refractivity contribution in [3.05, 3.63) is 45.3 Å². The fraction of sp³-hybridized carbons (Fsp3) is 0.417. The van der Waals surface area contributed by atoms with E-state index >= 15 is 0 Å². The summed E-state index contributed by atoms with van der Waals surface area (Å²) in [6.45, 7) is -0.187. The van der Waals surface area contributed by atoms with E-state index in [2.05, 4.69) is 10.0 Å². The van der Waals surface area contributed by atoms with Crippen LogP contribution in [0.25, 0.3) is 10.4 Å². The highest BCUT2D eigenvalue weighted by molar-refractivity contribution is 6.00. The van der Waals surface area contributed by atoms with Crippen LogP contribution in [0.4, 0.5) is 0 Å². The summed E-state index contributed by atoms with van der Waals surface area (Å²) in [7, 11) is 0. The maximum absolute atomic E-state index is 11.5. The third-order valence-corrected chi connectivity index (χ3v) is 3.09. The molecule has 2 N–H and O–H groups in total. The molecule has 2 unspecified atom stereocenters. The molecule has 0 spiro atoms. The van der Waals surface area contributed by atoms with Crippen LogP contribution in [0.15, 0.2) is 23.3 Å². The number of aliphatic hydroxyl groups excluding tert-OH is 2. The van der Waals surface area contributed by atoms with Crippen molar-refractivity contribution >= 4 is 5.78 Å². The van der Waals surface area contributed by atoms with Gasteiger partial charge in [-0.3, -0.25) is 4.79 Å². The fourth-order valence-corrected chi connectivity index (χ4v) is 2.10. The van der Waals surface area contributed by atoms with Gasteiger partial charge in [0.15, 0.2) is 5.78 Å². The van der Waals surface area contributed by atoms with Crippen molar-refractivity contribution in [1.82, 2.24) is 0 Å². The molecule has 0 amide bonds. The molecule has 6 heteroatoms. The summed E-state index contributed by atoms with van der Waals surface area (Å²) in [5.41, 5.74) is 10.3. The van der Waals surface area contributed by atoms with Gasteiger partial charge in [-0.2, -0.15) is 0 Å². The van der Waals surface area contributed by atoms with Crippen LogP contribution in [-0.4, -0.2) is 28.6 Å². The van der Waals surface area contributed by atoms with Crippen molar-refractivity contribution in [2.24, 2.45) is 5.11 Å². The van der Waals surface area contributed by atoms with Crippen LogP contribution in [0.1, 0.15) is 34.0 Å². The predicted octanol–water partition coefficient (Wildman–Crippen LogP) is 1.52. The Kier molecular flexibility index (Phi) is 3.62. The number of benzene rings is 1. The molecule has 1 aromatic carbocycles. The summed E-state index contributed by atoms with van der Waals surface area (Å²) in [4.78, 5) is 14.0. The standard InChI is InChI=1S/C12H13N3O3/c13-15-14-6-11(17)12(18)8-1-3-9-7(5-8)2-4-10(9)16/h1,3,5,11-12,17-18H,2,4,6H2. The van der Waals surface area contributed by atoms with Crippen LogP contribution in [-0.2, 0) is 6.42 Å². The van der Waals surface area contributed by atoms with E-state index in [0.717, 1.165) is 5.56 Å². The van der Waals surface area contributed by atoms with Crippen LogP contribution >= 0.6 is 0 Å². The molecule has 0 aliphatic heterocycles. The van der Waals surface area contributed by atoms with Crippen LogP contribution in [0, 0.1) is 0 Å². The average Bonchev–Trinajstić information content (AvgIpc) is 2.76. The number of aliphatic hydroxyl groups is 2. The minimum Gasteiger partial charge on any atom is -0.390 e. The lowest BCUT2D eigenvalue weighted by molar-refractivity contribution is 0.0244. The molecule has 0 saturated carbocycles. The summed E-state index contributed by atoms with van der Waals surface area (Å²) >= 11 is 0. The number of Topliss-reactive ketones (excluding diaryl/α,β-unsaturated/α-hetero) is 1. The van der Waals surface area contributed by atoms with Crippen molar-refractivity contribution in [1.29, 1.82) is 0 Å². The second kappa shape index (κ2) is 5.18. The van der Waals surface area contributed by atoms with Gasteiger partial charge in [-0.15, -0.1) is 0 Å². The first kappa shape index (κ1) is 12.6. The first-order valence-corrected chi connectivity index (χ1v) is 5.66. The number of rotatable bonds is 4. The maximum atomic E-state index is 11.5. The lowest BCUT2D eigenvalue weighted by Gasteiger charge is -2.17. The second-order valence-corrected chi connectivity index (χ2v) is 4.27. The van der Waals surface area contributed by atoms with E-state index in [0.29, 0.717) is 24.0 Å². The Morgan fingerprint density at radius 3 is 2.89 bits per heavy atom. The second-order valence-electron chi connectivity index (χ2n) is 4.27. The van der Waals surface area contributed by atoms with Gasteiger partial charge in [0.2, 0.25) is 0 Å². The highest BCUT2D eigenvalue weighted by Gasteiger charge is 2.23. The summed E-state index contributed by atoms with van der Waals surface area (Å²) in [6, 6.07) is 5.01. The monoisotopic (exact) mass is 247 g/mol. The number of ketones is 1. The van der Waals surface area contributed by atoms with Gasteiger partial charge in [-0.05, 0) is 23.1 Å². The van der Waals surface area contributed by atoms with E-state index in [-0.39, 0.29) is 12.3 Å². The third kappa shape index (κ3) is 2.36. The molecule has 0 fully saturated rings. The van der Waals surface area contributed by atoms with Crippen molar-refractivity contribution < 1.29 is 15.0 Å². The first-order valence-electron chi connectivity index (χ1n) is 5.66. The van der Waals surface area contributed by atoms with E-state index in [4.69, 9.17) is 5.53 Å². The first-order chi connectivity index (χ1) is 8.63. The summed E-state index contributed by atoms with van der Waals surface area (Å²) in [5.74, 6) is 0.112. The third-order valence-electron chi connectivity index (χ3n) is 3.09. The molecule has 0 heterocycles. The van der Waals surface area contributed by atoms with Gasteiger partial charge in [0.05, 0.1) is 12.6 Å². The van der Waals surface area contributed by atoms with E-state index < -0.39 is 12.2 Å². The van der Waals surface area contributed by atoms with Gasteiger partial charge in [0, 0.05) is 16.9 Å². The zero-order chi connectivity index (χ0) is 13.1. The minimum atomic E-state index is -1.14. The van der Waals surface area contributed by atoms with Gasteiger partial charge in [-0.25, -0.2) is 0 Å². The largest absolute Gasteiger partial charge is 0.390 e. The summed E-state index contributed by atoms with van der Waals surface area (Å²) in [6.07, 6.45) is -1.09. The Balaban J connectivity index is 2.19. The topological polar surface area (TPSA) is 106 Å². The molecule has 2 atom stereocenters. The fourth-order valence-electron chi connectivity index (χ4n) is 2.10. The predicted molar refractivity (Wildman–Crippen MR) is 64.1 cm³/mol. The highest BCUT2D eigenvalue weighted by Crippen LogP contribution is 2.26. The van der Waals surface area contributed by atoms with Crippen molar-refractivity contribution in [2.75, 3.05) is 6.54 Å². The Bertz CT molecular complexity index is 523. The smallest absolute Gasteiger partial charge is 0.163 e. The lowest BCUT2D eigenvalue weighted by Crippen LogP contribution is -2.21. The molecule has 0 bridgehead atoms. The zero-order valence-corrected chi connectivity index (χ0v) is 9.65. The number of hydrogen-bond donors (Lipinski definition) is 2. The minimum absolute atomic E-state index is 0.112. The van der Waals surface area contributed by atoms with Crippen LogP contribution in [0.5, 0.6) is 0 Å². The number of fused-ring (bicyclic) bond motifs is 1. The van der Waals surface area contributed by atoms with Crippen molar-refractivity contribution in [2.45, 2.75) is 25.0 Å². The Labute approximate surface area is 103 Å². The molecular weight excluding hydrogens is 234 g/mol. The number of aryl methyl sites for hydroxylation is 1. The Morgan fingerprint density at radius 1 is 1.39 bits per heavy atom. The number of hydrogen-bond acceptors (Lipinski definition) is 4. The quantitative estimate of drug-likeness (QED) is 0.478. The normalized spacial score (nSPS) is 16.9. The van der Waals surface area contributed by atoms with Crippen LogP contribution in [0.3, 0.4) is 0 Å². The van der Waals surface area contributed by atoms with Crippen molar-refractivity contribution in [3.8, 4) is 0 Å². The Hall–Kier alpha value is -1.88. The van der Waals surface area contributed by atoms with E-state index in [9.17, 15) is 15.0 Å². The van der Waals surface area contributed by atoms with Crippen LogP contribution in [0.2, 0.25) is 0 Å². The van der Waals surface area contributed by atoms with E-state index in [1.54, 1.807) is 18.2 Å². The molecule has 1 aliphatic rings. The van der Waals surface area contributed by atoms with Gasteiger partial charge >= 0.3 is 0 Å². The SMILES string of the molecule is [N-]=[N+]=NCC(O)C(O)c1ccc2c(c1)CCC2=O. The number of azide groups is 1. The molecule has 18 heavy (non-hydrogen) atoms. The number of nitrogens with zero attached hydrogens (tertiary/aromatic N) is 3. The molecular formula is C12H13N3O3. The number of carbonyl (C=O) groups is 1. The van der Waals surface area contributed by atoms with Gasteiger partial charge in [0.1, 0.15) is 6.10 Å². The molecule has 0 radical (unpaired) electrons. The van der Waals surface area contributed by atoms with Gasteiger partial charge in [-0.1, -0.05) is 23.3 Å². The molecule has 1 aliphatic carbocycles. The zero-order valence-electron chi connectivity index (χ0n) is 9.65. The summed E-state index contributed by atoms with van der Waals surface area (Å²) < 4.78 is 0. The average molecular weight is 247 g/mol. The number of carbonyl (C=O) groups excluding carboxylic acids is 1. The maximum Gasteiger partial charge on any atom is 0.163 e. The summed E-state index contributed by atoms with van der Waals surface area (Å²) in [5, 5.41) is 22.7. The van der Waals surface area contributed by atoms with E-state index in [1.807, 2.05) is 0 Å². The van der Waals surface area contributed by atoms with Gasteiger partial charge < -0.3 is 10.2 Å². The van der Waals surface area contributed by atoms with Crippen molar-refractivity contribution in [3.63, 3.8) is 0 Å². The Morgan fingerprint density at radius 2 is 2.17 bits per heavy atom. The molecule has 0 saturated heterocycles. The van der Waals surface area contributed by atoms with Crippen LogP contribution < -0.4 is 0 Å².